The highest BCUT2D eigenvalue weighted by atomic mass is 32.1. The summed E-state index contributed by atoms with van der Waals surface area (Å²) in [6.07, 6.45) is 7.47. The number of carbonyl (C=O) groups is 1. The van der Waals surface area contributed by atoms with E-state index in [0.29, 0.717) is 13.0 Å². The van der Waals surface area contributed by atoms with Gasteiger partial charge in [-0.2, -0.15) is 0 Å². The monoisotopic (exact) mass is 331 g/mol. The van der Waals surface area contributed by atoms with Gasteiger partial charge in [0.2, 0.25) is 5.91 Å². The highest BCUT2D eigenvalue weighted by Crippen LogP contribution is 2.30. The van der Waals surface area contributed by atoms with Crippen molar-refractivity contribution >= 4 is 27.3 Å². The van der Waals surface area contributed by atoms with Gasteiger partial charge in [-0.25, -0.2) is 0 Å². The van der Waals surface area contributed by atoms with E-state index in [9.17, 15) is 9.90 Å². The Morgan fingerprint density at radius 1 is 1.26 bits per heavy atom. The van der Waals surface area contributed by atoms with Gasteiger partial charge < -0.3 is 10.4 Å². The lowest BCUT2D eigenvalue weighted by Crippen LogP contribution is -2.28. The number of hydrogen-bond acceptors (Lipinski definition) is 3. The molecule has 4 heteroatoms. The predicted molar refractivity (Wildman–Crippen MR) is 95.6 cm³/mol. The Bertz CT molecular complexity index is 646. The summed E-state index contributed by atoms with van der Waals surface area (Å²) in [5.41, 5.74) is 0.915. The molecule has 0 aliphatic heterocycles. The van der Waals surface area contributed by atoms with Gasteiger partial charge in [0.25, 0.3) is 0 Å². The first-order valence-corrected chi connectivity index (χ1v) is 9.53. The number of amides is 1. The number of fused-ring (bicyclic) bond motifs is 1. The number of benzene rings is 1. The van der Waals surface area contributed by atoms with Gasteiger partial charge in [0, 0.05) is 23.2 Å². The fourth-order valence-electron chi connectivity index (χ4n) is 3.48. The lowest BCUT2D eigenvalue weighted by molar-refractivity contribution is -0.121. The highest BCUT2D eigenvalue weighted by molar-refractivity contribution is 7.17. The third-order valence-electron chi connectivity index (χ3n) is 4.87. The molecule has 0 bridgehead atoms. The fourth-order valence-corrected chi connectivity index (χ4v) is 4.48. The molecule has 124 valence electrons. The third-order valence-corrected chi connectivity index (χ3v) is 5.85. The lowest BCUT2D eigenvalue weighted by Gasteiger charge is -2.21. The van der Waals surface area contributed by atoms with Crippen molar-refractivity contribution in [3.8, 4) is 0 Å². The summed E-state index contributed by atoms with van der Waals surface area (Å²) in [6, 6.07) is 8.06. The van der Waals surface area contributed by atoms with Gasteiger partial charge in [0.1, 0.15) is 0 Å². The van der Waals surface area contributed by atoms with Crippen LogP contribution in [0.3, 0.4) is 0 Å². The van der Waals surface area contributed by atoms with Crippen molar-refractivity contribution < 1.29 is 9.90 Å². The summed E-state index contributed by atoms with van der Waals surface area (Å²) in [5.74, 6) is 0.786. The molecule has 3 rings (SSSR count). The van der Waals surface area contributed by atoms with E-state index < -0.39 is 6.10 Å². The van der Waals surface area contributed by atoms with E-state index in [1.165, 1.54) is 36.8 Å². The number of carbonyl (C=O) groups excluding carboxylic acids is 1. The quantitative estimate of drug-likeness (QED) is 0.823. The first-order valence-electron chi connectivity index (χ1n) is 8.65. The summed E-state index contributed by atoms with van der Waals surface area (Å²) in [6.45, 7) is 0.296. The summed E-state index contributed by atoms with van der Waals surface area (Å²) >= 11 is 1.63. The Hall–Kier alpha value is -1.39. The zero-order chi connectivity index (χ0) is 16.1. The van der Waals surface area contributed by atoms with Gasteiger partial charge in [0.05, 0.1) is 6.10 Å². The molecule has 23 heavy (non-hydrogen) atoms. The molecule has 0 spiro atoms. The molecule has 1 aliphatic carbocycles. The van der Waals surface area contributed by atoms with Crippen molar-refractivity contribution in [1.29, 1.82) is 0 Å². The molecule has 1 aromatic carbocycles. The Kier molecular flexibility index (Phi) is 5.68. The second-order valence-electron chi connectivity index (χ2n) is 6.55. The second-order valence-corrected chi connectivity index (χ2v) is 7.46. The standard InChI is InChI=1S/C19H25NO2S/c21-17(16-13-23-18-9-5-4-8-15(16)18)12-20-19(22)11-10-14-6-2-1-3-7-14/h4-5,8-9,13-14,17,21H,1-3,6-7,10-12H2,(H,20,22). The van der Waals surface area contributed by atoms with Gasteiger partial charge >= 0.3 is 0 Å². The molecule has 1 aromatic heterocycles. The Labute approximate surface area is 141 Å². The van der Waals surface area contributed by atoms with Crippen LogP contribution in [0.25, 0.3) is 10.1 Å². The Morgan fingerprint density at radius 2 is 2.04 bits per heavy atom. The van der Waals surface area contributed by atoms with Crippen LogP contribution >= 0.6 is 11.3 Å². The maximum Gasteiger partial charge on any atom is 0.220 e. The third kappa shape index (κ3) is 4.33. The SMILES string of the molecule is O=C(CCC1CCCCC1)NCC(O)c1csc2ccccc12. The number of aliphatic hydroxyl groups is 1. The molecule has 0 radical (unpaired) electrons. The second kappa shape index (κ2) is 7.93. The smallest absolute Gasteiger partial charge is 0.220 e. The van der Waals surface area contributed by atoms with Crippen LogP contribution < -0.4 is 5.32 Å². The van der Waals surface area contributed by atoms with Crippen LogP contribution in [0.1, 0.15) is 56.6 Å². The maximum absolute atomic E-state index is 12.0. The minimum atomic E-state index is -0.634. The average Bonchev–Trinajstić information content (AvgIpc) is 3.03. The zero-order valence-corrected chi connectivity index (χ0v) is 14.3. The Balaban J connectivity index is 1.46. The van der Waals surface area contributed by atoms with E-state index >= 15 is 0 Å². The van der Waals surface area contributed by atoms with E-state index in [-0.39, 0.29) is 5.91 Å². The molecule has 2 N–H and O–H groups in total. The van der Waals surface area contributed by atoms with Crippen molar-refractivity contribution in [2.24, 2.45) is 5.92 Å². The molecule has 1 aliphatic rings. The molecule has 1 saturated carbocycles. The molecule has 1 heterocycles. The Morgan fingerprint density at radius 3 is 2.87 bits per heavy atom. The summed E-state index contributed by atoms with van der Waals surface area (Å²) < 4.78 is 1.17. The van der Waals surface area contributed by atoms with E-state index in [2.05, 4.69) is 11.4 Å². The van der Waals surface area contributed by atoms with Crippen molar-refractivity contribution in [1.82, 2.24) is 5.32 Å². The normalized spacial score (nSPS) is 17.3. The van der Waals surface area contributed by atoms with Gasteiger partial charge in [-0.05, 0) is 29.2 Å². The van der Waals surface area contributed by atoms with Gasteiger partial charge in [-0.1, -0.05) is 50.3 Å². The van der Waals surface area contributed by atoms with Crippen molar-refractivity contribution in [2.45, 2.75) is 51.0 Å². The summed E-state index contributed by atoms with van der Waals surface area (Å²) in [5, 5.41) is 16.3. The van der Waals surface area contributed by atoms with Crippen LogP contribution in [0.4, 0.5) is 0 Å². The first-order chi connectivity index (χ1) is 11.2. The lowest BCUT2D eigenvalue weighted by atomic mass is 9.86. The number of hydrogen-bond donors (Lipinski definition) is 2. The molecular weight excluding hydrogens is 306 g/mol. The van der Waals surface area contributed by atoms with Gasteiger partial charge in [-0.15, -0.1) is 11.3 Å². The highest BCUT2D eigenvalue weighted by Gasteiger charge is 2.16. The van der Waals surface area contributed by atoms with Crippen LogP contribution in [0.15, 0.2) is 29.6 Å². The van der Waals surface area contributed by atoms with Crippen LogP contribution in [0, 0.1) is 5.92 Å². The van der Waals surface area contributed by atoms with Crippen LogP contribution in [0.2, 0.25) is 0 Å². The fraction of sp³-hybridized carbons (Fsp3) is 0.526. The summed E-state index contributed by atoms with van der Waals surface area (Å²) in [7, 11) is 0. The first kappa shape index (κ1) is 16.5. The molecule has 1 fully saturated rings. The molecule has 1 unspecified atom stereocenters. The topological polar surface area (TPSA) is 49.3 Å². The van der Waals surface area contributed by atoms with Crippen LogP contribution in [-0.2, 0) is 4.79 Å². The van der Waals surface area contributed by atoms with E-state index in [1.54, 1.807) is 11.3 Å². The summed E-state index contributed by atoms with van der Waals surface area (Å²) in [4.78, 5) is 12.0. The van der Waals surface area contributed by atoms with Gasteiger partial charge in [0.15, 0.2) is 0 Å². The molecule has 2 aromatic rings. The predicted octanol–water partition coefficient (Wildman–Crippen LogP) is 4.41. The number of nitrogens with one attached hydrogen (secondary N) is 1. The van der Waals surface area contributed by atoms with Crippen molar-refractivity contribution in [2.75, 3.05) is 6.54 Å². The minimum absolute atomic E-state index is 0.0640. The molecule has 1 amide bonds. The number of rotatable bonds is 6. The zero-order valence-electron chi connectivity index (χ0n) is 13.5. The molecule has 1 atom stereocenters. The number of thiophene rings is 1. The van der Waals surface area contributed by atoms with Crippen LogP contribution in [0.5, 0.6) is 0 Å². The van der Waals surface area contributed by atoms with Crippen molar-refractivity contribution in [3.63, 3.8) is 0 Å². The molecule has 3 nitrogen and oxygen atoms in total. The van der Waals surface area contributed by atoms with E-state index in [0.717, 1.165) is 23.3 Å². The number of aliphatic hydroxyl groups excluding tert-OH is 1. The average molecular weight is 331 g/mol. The minimum Gasteiger partial charge on any atom is -0.387 e. The van der Waals surface area contributed by atoms with Crippen LogP contribution in [-0.4, -0.2) is 17.6 Å². The van der Waals surface area contributed by atoms with Crippen molar-refractivity contribution in [3.05, 3.63) is 35.2 Å². The van der Waals surface area contributed by atoms with E-state index in [1.807, 2.05) is 23.6 Å². The van der Waals surface area contributed by atoms with Gasteiger partial charge in [-0.3, -0.25) is 4.79 Å². The molecular formula is C19H25NO2S. The maximum atomic E-state index is 12.0. The molecule has 0 saturated heterocycles. The largest absolute Gasteiger partial charge is 0.387 e. The van der Waals surface area contributed by atoms with E-state index in [4.69, 9.17) is 0 Å².